The van der Waals surface area contributed by atoms with Crippen molar-refractivity contribution in [1.82, 2.24) is 15.5 Å². The summed E-state index contributed by atoms with van der Waals surface area (Å²) in [6.45, 7) is 4.43. The van der Waals surface area contributed by atoms with Crippen molar-refractivity contribution in [3.8, 4) is 0 Å². The zero-order chi connectivity index (χ0) is 13.5. The molecule has 1 heterocycles. The zero-order valence-electron chi connectivity index (χ0n) is 11.1. The molecule has 2 atom stereocenters. The molecule has 104 valence electrons. The zero-order valence-corrected chi connectivity index (χ0v) is 11.1. The Kier molecular flexibility index (Phi) is 5.91. The van der Waals surface area contributed by atoms with Crippen LogP contribution in [0.3, 0.4) is 0 Å². The van der Waals surface area contributed by atoms with Crippen molar-refractivity contribution >= 4 is 12.0 Å². The van der Waals surface area contributed by atoms with E-state index in [1.807, 2.05) is 0 Å². The molecule has 0 bridgehead atoms. The fourth-order valence-corrected chi connectivity index (χ4v) is 2.22. The first-order valence-corrected chi connectivity index (χ1v) is 6.48. The summed E-state index contributed by atoms with van der Waals surface area (Å²) in [5, 5.41) is 14.0. The third-order valence-corrected chi connectivity index (χ3v) is 3.29. The van der Waals surface area contributed by atoms with Crippen LogP contribution in [0, 0.1) is 5.92 Å². The van der Waals surface area contributed by atoms with E-state index in [1.165, 1.54) is 0 Å². The molecule has 2 unspecified atom stereocenters. The average molecular weight is 257 g/mol. The summed E-state index contributed by atoms with van der Waals surface area (Å²) in [6, 6.07) is -1.20. The number of carbonyl (C=O) groups is 2. The van der Waals surface area contributed by atoms with Gasteiger partial charge in [0.15, 0.2) is 0 Å². The minimum Gasteiger partial charge on any atom is -0.480 e. The molecule has 1 fully saturated rings. The summed E-state index contributed by atoms with van der Waals surface area (Å²) in [6.07, 6.45) is 2.65. The Morgan fingerprint density at radius 1 is 1.50 bits per heavy atom. The van der Waals surface area contributed by atoms with Crippen molar-refractivity contribution < 1.29 is 14.7 Å². The number of carbonyl (C=O) groups excluding carboxylic acids is 1. The number of urea groups is 1. The van der Waals surface area contributed by atoms with Gasteiger partial charge < -0.3 is 20.6 Å². The van der Waals surface area contributed by atoms with E-state index in [0.29, 0.717) is 18.9 Å². The van der Waals surface area contributed by atoms with Gasteiger partial charge in [0.25, 0.3) is 0 Å². The molecule has 1 saturated heterocycles. The van der Waals surface area contributed by atoms with Gasteiger partial charge in [-0.3, -0.25) is 0 Å². The van der Waals surface area contributed by atoms with Gasteiger partial charge in [-0.1, -0.05) is 6.92 Å². The number of hydrogen-bond acceptors (Lipinski definition) is 3. The topological polar surface area (TPSA) is 81.7 Å². The fourth-order valence-electron chi connectivity index (χ4n) is 2.22. The molecule has 0 spiro atoms. The summed E-state index contributed by atoms with van der Waals surface area (Å²) in [7, 11) is 2.07. The van der Waals surface area contributed by atoms with Gasteiger partial charge in [0.2, 0.25) is 0 Å². The first kappa shape index (κ1) is 14.8. The molecule has 1 rings (SSSR count). The largest absolute Gasteiger partial charge is 0.480 e. The summed E-state index contributed by atoms with van der Waals surface area (Å²) >= 11 is 0. The Balaban J connectivity index is 2.25. The summed E-state index contributed by atoms with van der Waals surface area (Å²) < 4.78 is 0. The Morgan fingerprint density at radius 2 is 2.22 bits per heavy atom. The maximum Gasteiger partial charge on any atom is 0.326 e. The van der Waals surface area contributed by atoms with Crippen LogP contribution in [0.1, 0.15) is 26.2 Å². The lowest BCUT2D eigenvalue weighted by Gasteiger charge is -2.29. The smallest absolute Gasteiger partial charge is 0.326 e. The van der Waals surface area contributed by atoms with Crippen LogP contribution in [0.4, 0.5) is 4.79 Å². The van der Waals surface area contributed by atoms with Crippen LogP contribution in [-0.2, 0) is 4.79 Å². The van der Waals surface area contributed by atoms with Crippen molar-refractivity contribution in [1.29, 1.82) is 0 Å². The Morgan fingerprint density at radius 3 is 2.78 bits per heavy atom. The summed E-state index contributed by atoms with van der Waals surface area (Å²) in [5.41, 5.74) is 0. The number of rotatable bonds is 5. The molecular weight excluding hydrogens is 234 g/mol. The second-order valence-corrected chi connectivity index (χ2v) is 4.92. The van der Waals surface area contributed by atoms with E-state index in [0.717, 1.165) is 25.9 Å². The quantitative estimate of drug-likeness (QED) is 0.669. The number of amides is 2. The van der Waals surface area contributed by atoms with Gasteiger partial charge in [0, 0.05) is 13.1 Å². The molecule has 1 aliphatic heterocycles. The van der Waals surface area contributed by atoms with Gasteiger partial charge in [-0.25, -0.2) is 9.59 Å². The van der Waals surface area contributed by atoms with Gasteiger partial charge >= 0.3 is 12.0 Å². The maximum absolute atomic E-state index is 11.5. The monoisotopic (exact) mass is 257 g/mol. The van der Waals surface area contributed by atoms with Crippen LogP contribution in [-0.4, -0.2) is 54.7 Å². The molecule has 1 aliphatic rings. The highest BCUT2D eigenvalue weighted by atomic mass is 16.4. The van der Waals surface area contributed by atoms with Crippen molar-refractivity contribution in [2.45, 2.75) is 32.2 Å². The van der Waals surface area contributed by atoms with Crippen LogP contribution in [0.5, 0.6) is 0 Å². The van der Waals surface area contributed by atoms with Crippen molar-refractivity contribution in [3.63, 3.8) is 0 Å². The Labute approximate surface area is 108 Å². The third kappa shape index (κ3) is 4.91. The van der Waals surface area contributed by atoms with Crippen LogP contribution >= 0.6 is 0 Å². The van der Waals surface area contributed by atoms with Gasteiger partial charge in [-0.2, -0.15) is 0 Å². The first-order valence-electron chi connectivity index (χ1n) is 6.48. The molecule has 0 aromatic heterocycles. The molecule has 3 N–H and O–H groups in total. The number of piperidine rings is 1. The highest BCUT2D eigenvalue weighted by Crippen LogP contribution is 2.13. The lowest BCUT2D eigenvalue weighted by Crippen LogP contribution is -2.48. The number of nitrogens with one attached hydrogen (secondary N) is 2. The van der Waals surface area contributed by atoms with E-state index in [-0.39, 0.29) is 0 Å². The second kappa shape index (κ2) is 7.20. The Bertz CT molecular complexity index is 296. The van der Waals surface area contributed by atoms with Crippen LogP contribution < -0.4 is 10.6 Å². The first-order chi connectivity index (χ1) is 8.52. The number of likely N-dealkylation sites (tertiary alicyclic amines) is 1. The number of carboxylic acids is 1. The predicted molar refractivity (Wildman–Crippen MR) is 68.5 cm³/mol. The highest BCUT2D eigenvalue weighted by molar-refractivity contribution is 5.82. The third-order valence-electron chi connectivity index (χ3n) is 3.29. The molecular formula is C12H23N3O3. The molecule has 6 nitrogen and oxygen atoms in total. The number of hydrogen-bond donors (Lipinski definition) is 3. The van der Waals surface area contributed by atoms with Crippen LogP contribution in [0.15, 0.2) is 0 Å². The normalized spacial score (nSPS) is 22.2. The molecule has 6 heteroatoms. The van der Waals surface area contributed by atoms with E-state index >= 15 is 0 Å². The van der Waals surface area contributed by atoms with E-state index in [4.69, 9.17) is 5.11 Å². The molecule has 0 aromatic rings. The van der Waals surface area contributed by atoms with Crippen molar-refractivity contribution in [3.05, 3.63) is 0 Å². The number of aliphatic carboxylic acids is 1. The van der Waals surface area contributed by atoms with E-state index in [2.05, 4.69) is 22.6 Å². The van der Waals surface area contributed by atoms with Crippen molar-refractivity contribution in [2.24, 2.45) is 5.92 Å². The van der Waals surface area contributed by atoms with Gasteiger partial charge in [-0.05, 0) is 38.8 Å². The number of nitrogens with zero attached hydrogens (tertiary/aromatic N) is 1. The minimum atomic E-state index is -0.995. The summed E-state index contributed by atoms with van der Waals surface area (Å²) in [4.78, 5) is 24.6. The molecule has 0 aromatic carbocycles. The second-order valence-electron chi connectivity index (χ2n) is 4.92. The molecule has 0 saturated carbocycles. The molecule has 0 radical (unpaired) electrons. The van der Waals surface area contributed by atoms with Gasteiger partial charge in [0.1, 0.15) is 6.04 Å². The van der Waals surface area contributed by atoms with Gasteiger partial charge in [-0.15, -0.1) is 0 Å². The Hall–Kier alpha value is -1.30. The summed E-state index contributed by atoms with van der Waals surface area (Å²) in [5.74, 6) is -0.538. The molecule has 0 aliphatic carbocycles. The number of carboxylic acid groups (broad SMARTS) is 1. The van der Waals surface area contributed by atoms with E-state index < -0.39 is 18.0 Å². The molecule has 2 amide bonds. The SMILES string of the molecule is CCC(NC(=O)NCC1CCCN(C)C1)C(=O)O. The van der Waals surface area contributed by atoms with Crippen LogP contribution in [0.2, 0.25) is 0 Å². The average Bonchev–Trinajstić information content (AvgIpc) is 2.33. The minimum absolute atomic E-state index is 0.384. The van der Waals surface area contributed by atoms with Crippen molar-refractivity contribution in [2.75, 3.05) is 26.7 Å². The van der Waals surface area contributed by atoms with Crippen LogP contribution in [0.25, 0.3) is 0 Å². The van der Waals surface area contributed by atoms with E-state index in [1.54, 1.807) is 6.92 Å². The standard InChI is InChI=1S/C12H23N3O3/c1-3-10(11(16)17)14-12(18)13-7-9-5-4-6-15(2)8-9/h9-10H,3-8H2,1-2H3,(H,16,17)(H2,13,14,18). The highest BCUT2D eigenvalue weighted by Gasteiger charge is 2.20. The lowest BCUT2D eigenvalue weighted by atomic mass is 9.99. The van der Waals surface area contributed by atoms with E-state index in [9.17, 15) is 9.59 Å². The maximum atomic E-state index is 11.5. The molecule has 18 heavy (non-hydrogen) atoms. The lowest BCUT2D eigenvalue weighted by molar-refractivity contribution is -0.139. The van der Waals surface area contributed by atoms with Gasteiger partial charge in [0.05, 0.1) is 0 Å². The predicted octanol–water partition coefficient (Wildman–Crippen LogP) is 0.491. The fraction of sp³-hybridized carbons (Fsp3) is 0.833.